The van der Waals surface area contributed by atoms with Gasteiger partial charge in [-0.15, -0.1) is 0 Å². The fraction of sp³-hybridized carbons (Fsp3) is 0.474. The monoisotopic (exact) mass is 341 g/mol. The lowest BCUT2D eigenvalue weighted by atomic mass is 10.1. The minimum atomic E-state index is -0.376. The van der Waals surface area contributed by atoms with E-state index in [1.807, 2.05) is 25.1 Å². The number of hydrogen-bond donors (Lipinski definition) is 2. The first-order valence-corrected chi connectivity index (χ1v) is 8.67. The van der Waals surface area contributed by atoms with Crippen LogP contribution in [0.25, 0.3) is 0 Å². The number of urea groups is 1. The number of piperidine rings is 1. The van der Waals surface area contributed by atoms with Crippen LogP contribution < -0.4 is 15.5 Å². The summed E-state index contributed by atoms with van der Waals surface area (Å²) in [6.45, 7) is 4.74. The fourth-order valence-corrected chi connectivity index (χ4v) is 3.10. The number of rotatable bonds is 3. The smallest absolute Gasteiger partial charge is 0.328 e. The van der Waals surface area contributed by atoms with Crippen molar-refractivity contribution in [3.8, 4) is 11.8 Å². The van der Waals surface area contributed by atoms with Crippen molar-refractivity contribution in [3.05, 3.63) is 29.3 Å². The Morgan fingerprint density at radius 1 is 1.28 bits per heavy atom. The lowest BCUT2D eigenvalue weighted by Crippen LogP contribution is -2.49. The number of carbonyl (C=O) groups is 2. The van der Waals surface area contributed by atoms with Crippen molar-refractivity contribution < 1.29 is 14.3 Å². The first-order valence-electron chi connectivity index (χ1n) is 8.67. The van der Waals surface area contributed by atoms with Crippen LogP contribution >= 0.6 is 0 Å². The predicted molar refractivity (Wildman–Crippen MR) is 95.4 cm³/mol. The second-order valence-corrected chi connectivity index (χ2v) is 6.27. The Kier molecular flexibility index (Phi) is 5.69. The van der Waals surface area contributed by atoms with Crippen LogP contribution in [0.15, 0.2) is 18.2 Å². The lowest BCUT2D eigenvalue weighted by molar-refractivity contribution is -0.120. The number of anilines is 1. The van der Waals surface area contributed by atoms with Gasteiger partial charge in [0.15, 0.2) is 0 Å². The Morgan fingerprint density at radius 2 is 2.08 bits per heavy atom. The standard InChI is InChI=1S/C19H23N3O3/c1-14-15(5-3-13-25-16-7-10-20-11-8-16)4-2-6-17(14)22-12-9-18(23)21-19(22)24/h2,4,6,16,20H,7-13H2,1H3,(H,21,23,24). The molecule has 25 heavy (non-hydrogen) atoms. The van der Waals surface area contributed by atoms with Gasteiger partial charge in [-0.2, -0.15) is 0 Å². The van der Waals surface area contributed by atoms with Crippen LogP contribution in [0.1, 0.15) is 30.4 Å². The van der Waals surface area contributed by atoms with Crippen molar-refractivity contribution in [3.63, 3.8) is 0 Å². The van der Waals surface area contributed by atoms with Crippen LogP contribution in [-0.2, 0) is 9.53 Å². The molecule has 0 aliphatic carbocycles. The summed E-state index contributed by atoms with van der Waals surface area (Å²) in [4.78, 5) is 24.9. The number of imide groups is 1. The van der Waals surface area contributed by atoms with Gasteiger partial charge < -0.3 is 10.1 Å². The molecule has 0 radical (unpaired) electrons. The van der Waals surface area contributed by atoms with Gasteiger partial charge in [0.05, 0.1) is 6.10 Å². The zero-order chi connectivity index (χ0) is 17.6. The van der Waals surface area contributed by atoms with Crippen LogP contribution in [0.2, 0.25) is 0 Å². The fourth-order valence-electron chi connectivity index (χ4n) is 3.10. The minimum Gasteiger partial charge on any atom is -0.365 e. The van der Waals surface area contributed by atoms with E-state index in [1.54, 1.807) is 4.90 Å². The third kappa shape index (κ3) is 4.38. The highest BCUT2D eigenvalue weighted by atomic mass is 16.5. The molecule has 0 unspecified atom stereocenters. The zero-order valence-electron chi connectivity index (χ0n) is 14.4. The molecule has 3 rings (SSSR count). The average molecular weight is 341 g/mol. The number of hydrogen-bond acceptors (Lipinski definition) is 4. The number of carbonyl (C=O) groups excluding carboxylic acids is 2. The summed E-state index contributed by atoms with van der Waals surface area (Å²) in [6, 6.07) is 5.31. The van der Waals surface area contributed by atoms with Gasteiger partial charge in [0, 0.05) is 24.2 Å². The van der Waals surface area contributed by atoms with Crippen molar-refractivity contribution in [2.75, 3.05) is 31.1 Å². The van der Waals surface area contributed by atoms with E-state index in [2.05, 4.69) is 22.5 Å². The minimum absolute atomic E-state index is 0.232. The van der Waals surface area contributed by atoms with E-state index in [9.17, 15) is 9.59 Å². The van der Waals surface area contributed by atoms with Gasteiger partial charge in [0.1, 0.15) is 6.61 Å². The largest absolute Gasteiger partial charge is 0.365 e. The Morgan fingerprint density at radius 3 is 2.84 bits per heavy atom. The molecule has 3 amide bonds. The second-order valence-electron chi connectivity index (χ2n) is 6.27. The lowest BCUT2D eigenvalue weighted by Gasteiger charge is -2.28. The molecule has 2 aliphatic heterocycles. The van der Waals surface area contributed by atoms with E-state index in [0.717, 1.165) is 42.7 Å². The molecule has 0 spiro atoms. The SMILES string of the molecule is Cc1c(C#CCOC2CCNCC2)cccc1N1CCC(=O)NC1=O. The summed E-state index contributed by atoms with van der Waals surface area (Å²) < 4.78 is 5.79. The van der Waals surface area contributed by atoms with Crippen molar-refractivity contribution >= 4 is 17.6 Å². The molecule has 1 aromatic rings. The molecule has 2 fully saturated rings. The predicted octanol–water partition coefficient (Wildman–Crippen LogP) is 1.56. The Balaban J connectivity index is 1.66. The molecule has 0 bridgehead atoms. The summed E-state index contributed by atoms with van der Waals surface area (Å²) in [5.74, 6) is 5.98. The highest BCUT2D eigenvalue weighted by Gasteiger charge is 2.25. The second kappa shape index (κ2) is 8.15. The van der Waals surface area contributed by atoms with Gasteiger partial charge >= 0.3 is 6.03 Å². The number of amides is 3. The topological polar surface area (TPSA) is 70.7 Å². The van der Waals surface area contributed by atoms with E-state index < -0.39 is 0 Å². The van der Waals surface area contributed by atoms with Crippen molar-refractivity contribution in [1.29, 1.82) is 0 Å². The van der Waals surface area contributed by atoms with E-state index in [1.165, 1.54) is 0 Å². The van der Waals surface area contributed by atoms with Gasteiger partial charge in [-0.05, 0) is 50.6 Å². The maximum absolute atomic E-state index is 12.0. The van der Waals surface area contributed by atoms with Gasteiger partial charge in [0.25, 0.3) is 0 Å². The average Bonchev–Trinajstić information content (AvgIpc) is 2.61. The molecule has 0 aromatic heterocycles. The van der Waals surface area contributed by atoms with E-state index in [0.29, 0.717) is 19.6 Å². The highest BCUT2D eigenvalue weighted by molar-refractivity contribution is 6.06. The van der Waals surface area contributed by atoms with Gasteiger partial charge in [-0.1, -0.05) is 17.9 Å². The van der Waals surface area contributed by atoms with Gasteiger partial charge in [-0.3, -0.25) is 15.0 Å². The van der Waals surface area contributed by atoms with Crippen LogP contribution in [0.3, 0.4) is 0 Å². The highest BCUT2D eigenvalue weighted by Crippen LogP contribution is 2.24. The molecular formula is C19H23N3O3. The van der Waals surface area contributed by atoms with Crippen LogP contribution in [-0.4, -0.2) is 44.3 Å². The van der Waals surface area contributed by atoms with E-state index in [-0.39, 0.29) is 18.0 Å². The molecule has 6 heteroatoms. The zero-order valence-corrected chi connectivity index (χ0v) is 14.4. The van der Waals surface area contributed by atoms with E-state index in [4.69, 9.17) is 4.74 Å². The molecule has 2 aliphatic rings. The molecule has 6 nitrogen and oxygen atoms in total. The molecule has 1 aromatic carbocycles. The van der Waals surface area contributed by atoms with Crippen molar-refractivity contribution in [2.24, 2.45) is 0 Å². The van der Waals surface area contributed by atoms with Gasteiger partial charge in [-0.25, -0.2) is 4.79 Å². The van der Waals surface area contributed by atoms with Gasteiger partial charge in [0.2, 0.25) is 5.91 Å². The molecular weight excluding hydrogens is 318 g/mol. The number of ether oxygens (including phenoxy) is 1. The summed E-state index contributed by atoms with van der Waals surface area (Å²) in [6.07, 6.45) is 2.65. The molecule has 2 saturated heterocycles. The summed E-state index contributed by atoms with van der Waals surface area (Å²) in [5.41, 5.74) is 2.59. The Hall–Kier alpha value is -2.36. The van der Waals surface area contributed by atoms with E-state index >= 15 is 0 Å². The Labute approximate surface area is 147 Å². The van der Waals surface area contributed by atoms with Crippen LogP contribution in [0.4, 0.5) is 10.5 Å². The Bertz CT molecular complexity index is 714. The molecule has 2 N–H and O–H groups in total. The maximum Gasteiger partial charge on any atom is 0.328 e. The first kappa shape index (κ1) is 17.5. The summed E-state index contributed by atoms with van der Waals surface area (Å²) in [5, 5.41) is 5.66. The molecule has 2 heterocycles. The summed E-state index contributed by atoms with van der Waals surface area (Å²) in [7, 11) is 0. The normalized spacial score (nSPS) is 18.5. The molecule has 0 saturated carbocycles. The van der Waals surface area contributed by atoms with Crippen LogP contribution in [0, 0.1) is 18.8 Å². The first-order chi connectivity index (χ1) is 12.1. The van der Waals surface area contributed by atoms with Crippen LogP contribution in [0.5, 0.6) is 0 Å². The molecule has 0 atom stereocenters. The summed E-state index contributed by atoms with van der Waals surface area (Å²) >= 11 is 0. The van der Waals surface area contributed by atoms with Crippen molar-refractivity contribution in [1.82, 2.24) is 10.6 Å². The molecule has 132 valence electrons. The van der Waals surface area contributed by atoms with Crippen molar-refractivity contribution in [2.45, 2.75) is 32.3 Å². The quantitative estimate of drug-likeness (QED) is 0.819. The number of nitrogens with one attached hydrogen (secondary N) is 2. The maximum atomic E-state index is 12.0. The number of benzene rings is 1. The third-order valence-electron chi connectivity index (χ3n) is 4.55. The number of nitrogens with zero attached hydrogens (tertiary/aromatic N) is 1. The third-order valence-corrected chi connectivity index (χ3v) is 4.55.